The van der Waals surface area contributed by atoms with Crippen LogP contribution in [0.5, 0.6) is 0 Å². The van der Waals surface area contributed by atoms with Gasteiger partial charge in [-0.25, -0.2) is 0 Å². The van der Waals surface area contributed by atoms with E-state index in [0.717, 1.165) is 29.4 Å². The summed E-state index contributed by atoms with van der Waals surface area (Å²) in [7, 11) is 1.60. The molecule has 0 saturated heterocycles. The highest BCUT2D eigenvalue weighted by atomic mass is 16.2. The molecule has 0 unspecified atom stereocenters. The first-order chi connectivity index (χ1) is 11.1. The lowest BCUT2D eigenvalue weighted by Gasteiger charge is -2.53. The number of aromatic amines is 1. The van der Waals surface area contributed by atoms with Gasteiger partial charge in [0.1, 0.15) is 5.69 Å². The molecule has 0 atom stereocenters. The van der Waals surface area contributed by atoms with Gasteiger partial charge in [0, 0.05) is 29.6 Å². The van der Waals surface area contributed by atoms with Gasteiger partial charge in [-0.05, 0) is 55.4 Å². The fraction of sp³-hybridized carbons (Fsp3) is 0.444. The molecule has 2 aromatic rings. The maximum Gasteiger partial charge on any atom is 0.267 e. The number of carbonyl (C=O) groups excluding carboxylic acids is 2. The van der Waals surface area contributed by atoms with Gasteiger partial charge in [0.15, 0.2) is 0 Å². The minimum Gasteiger partial charge on any atom is -0.354 e. The quantitative estimate of drug-likeness (QED) is 0.815. The van der Waals surface area contributed by atoms with E-state index in [9.17, 15) is 9.59 Å². The average molecular weight is 311 g/mol. The average Bonchev–Trinajstić information content (AvgIpc) is 2.86. The maximum absolute atomic E-state index is 12.3. The number of nitrogens with one attached hydrogen (secondary N) is 3. The van der Waals surface area contributed by atoms with E-state index in [-0.39, 0.29) is 17.7 Å². The van der Waals surface area contributed by atoms with Gasteiger partial charge in [-0.2, -0.15) is 0 Å². The van der Waals surface area contributed by atoms with Crippen LogP contribution in [-0.2, 0) is 4.79 Å². The van der Waals surface area contributed by atoms with E-state index >= 15 is 0 Å². The zero-order valence-electron chi connectivity index (χ0n) is 13.2. The summed E-state index contributed by atoms with van der Waals surface area (Å²) in [5, 5.41) is 6.54. The molecule has 120 valence electrons. The van der Waals surface area contributed by atoms with Crippen molar-refractivity contribution < 1.29 is 9.59 Å². The van der Waals surface area contributed by atoms with E-state index in [1.54, 1.807) is 13.1 Å². The molecule has 1 aromatic carbocycles. The predicted molar refractivity (Wildman–Crippen MR) is 89.3 cm³/mol. The van der Waals surface area contributed by atoms with Crippen molar-refractivity contribution in [3.63, 3.8) is 0 Å². The second kappa shape index (κ2) is 5.11. The van der Waals surface area contributed by atoms with E-state index in [0.29, 0.717) is 11.1 Å². The summed E-state index contributed by atoms with van der Waals surface area (Å²) in [6.45, 7) is 0. The molecular weight excluding hydrogens is 290 g/mol. The van der Waals surface area contributed by atoms with Gasteiger partial charge in [0.25, 0.3) is 5.91 Å². The van der Waals surface area contributed by atoms with Gasteiger partial charge in [-0.3, -0.25) is 9.59 Å². The molecule has 5 heteroatoms. The molecule has 5 nitrogen and oxygen atoms in total. The van der Waals surface area contributed by atoms with Gasteiger partial charge < -0.3 is 15.6 Å². The molecule has 0 bridgehead atoms. The van der Waals surface area contributed by atoms with Gasteiger partial charge in [-0.15, -0.1) is 0 Å². The first kappa shape index (κ1) is 14.3. The highest BCUT2D eigenvalue weighted by Gasteiger charge is 2.50. The number of anilines is 1. The van der Waals surface area contributed by atoms with Crippen LogP contribution in [0.4, 0.5) is 5.69 Å². The molecule has 0 aliphatic heterocycles. The van der Waals surface area contributed by atoms with Crippen molar-refractivity contribution in [1.29, 1.82) is 0 Å². The summed E-state index contributed by atoms with van der Waals surface area (Å²) in [6, 6.07) is 7.48. The summed E-state index contributed by atoms with van der Waals surface area (Å²) in [5.41, 5.74) is 2.71. The molecule has 2 aliphatic rings. The van der Waals surface area contributed by atoms with Crippen LogP contribution in [-0.4, -0.2) is 23.8 Å². The first-order valence-corrected chi connectivity index (χ1v) is 8.24. The Morgan fingerprint density at radius 1 is 1.22 bits per heavy atom. The van der Waals surface area contributed by atoms with E-state index in [2.05, 4.69) is 15.6 Å². The molecule has 1 heterocycles. The number of amides is 2. The van der Waals surface area contributed by atoms with Crippen LogP contribution in [0.2, 0.25) is 0 Å². The Morgan fingerprint density at radius 2 is 2.00 bits per heavy atom. The Morgan fingerprint density at radius 3 is 2.65 bits per heavy atom. The summed E-state index contributed by atoms with van der Waals surface area (Å²) < 4.78 is 0. The standard InChI is InChI=1S/C18H21N3O2/c1-19-17(23)15-8-11-7-13(3-4-14(11)21-15)20-16(22)12-9-18(10-12)5-2-6-18/h3-4,7-8,12,21H,2,5-6,9-10H2,1H3,(H,19,23)(H,20,22). The molecule has 23 heavy (non-hydrogen) atoms. The number of rotatable bonds is 3. The second-order valence-corrected chi connectivity index (χ2v) is 7.01. The predicted octanol–water partition coefficient (Wildman–Crippen LogP) is 3.05. The minimum atomic E-state index is -0.146. The normalized spacial score (nSPS) is 19.2. The third-order valence-corrected chi connectivity index (χ3v) is 5.50. The Kier molecular flexibility index (Phi) is 3.18. The van der Waals surface area contributed by atoms with Crippen molar-refractivity contribution in [2.24, 2.45) is 11.3 Å². The molecular formula is C18H21N3O2. The van der Waals surface area contributed by atoms with Crippen molar-refractivity contribution >= 4 is 28.4 Å². The molecule has 0 radical (unpaired) electrons. The Balaban J connectivity index is 1.46. The summed E-state index contributed by atoms with van der Waals surface area (Å²) in [4.78, 5) is 27.1. The first-order valence-electron chi connectivity index (χ1n) is 8.24. The largest absolute Gasteiger partial charge is 0.354 e. The van der Waals surface area contributed by atoms with Gasteiger partial charge in [-0.1, -0.05) is 6.42 Å². The van der Waals surface area contributed by atoms with E-state index in [4.69, 9.17) is 0 Å². The molecule has 2 fully saturated rings. The van der Waals surface area contributed by atoms with Crippen LogP contribution in [0, 0.1) is 11.3 Å². The smallest absolute Gasteiger partial charge is 0.267 e. The van der Waals surface area contributed by atoms with Gasteiger partial charge >= 0.3 is 0 Å². The molecule has 1 aromatic heterocycles. The zero-order chi connectivity index (χ0) is 16.0. The molecule has 3 N–H and O–H groups in total. The Hall–Kier alpha value is -2.30. The maximum atomic E-state index is 12.3. The SMILES string of the molecule is CNC(=O)c1cc2cc(NC(=O)C3CC4(CCC4)C3)ccc2[nH]1. The number of H-pyrrole nitrogens is 1. The fourth-order valence-corrected chi connectivity index (χ4v) is 3.97. The van der Waals surface area contributed by atoms with Crippen molar-refractivity contribution in [1.82, 2.24) is 10.3 Å². The third kappa shape index (κ3) is 2.40. The lowest BCUT2D eigenvalue weighted by atomic mass is 9.51. The van der Waals surface area contributed by atoms with E-state index < -0.39 is 0 Å². The topological polar surface area (TPSA) is 74.0 Å². The number of hydrogen-bond acceptors (Lipinski definition) is 2. The van der Waals surface area contributed by atoms with Crippen LogP contribution in [0.25, 0.3) is 10.9 Å². The number of benzene rings is 1. The molecule has 2 aliphatic carbocycles. The molecule has 1 spiro atoms. The van der Waals surface area contributed by atoms with E-state index in [1.165, 1.54) is 19.3 Å². The number of aromatic nitrogens is 1. The summed E-state index contributed by atoms with van der Waals surface area (Å²) in [6.07, 6.45) is 6.02. The highest BCUT2D eigenvalue weighted by molar-refractivity contribution is 6.00. The fourth-order valence-electron chi connectivity index (χ4n) is 3.97. The number of carbonyl (C=O) groups is 2. The van der Waals surface area contributed by atoms with Crippen molar-refractivity contribution in [3.05, 3.63) is 30.0 Å². The van der Waals surface area contributed by atoms with Crippen LogP contribution in [0.15, 0.2) is 24.3 Å². The van der Waals surface area contributed by atoms with Crippen molar-refractivity contribution in [2.75, 3.05) is 12.4 Å². The minimum absolute atomic E-state index is 0.129. The van der Waals surface area contributed by atoms with Crippen molar-refractivity contribution in [3.8, 4) is 0 Å². The molecule has 2 saturated carbocycles. The van der Waals surface area contributed by atoms with Gasteiger partial charge in [0.05, 0.1) is 0 Å². The van der Waals surface area contributed by atoms with Crippen molar-refractivity contribution in [2.45, 2.75) is 32.1 Å². The lowest BCUT2D eigenvalue weighted by Crippen LogP contribution is -2.47. The zero-order valence-corrected chi connectivity index (χ0v) is 13.2. The lowest BCUT2D eigenvalue weighted by molar-refractivity contribution is -0.131. The number of hydrogen-bond donors (Lipinski definition) is 3. The highest BCUT2D eigenvalue weighted by Crippen LogP contribution is 2.58. The molecule has 2 amide bonds. The third-order valence-electron chi connectivity index (χ3n) is 5.50. The van der Waals surface area contributed by atoms with E-state index in [1.807, 2.05) is 18.2 Å². The Bertz CT molecular complexity index is 781. The summed E-state index contributed by atoms with van der Waals surface area (Å²) in [5.74, 6) is 0.148. The number of fused-ring (bicyclic) bond motifs is 1. The Labute approximate surface area is 134 Å². The monoisotopic (exact) mass is 311 g/mol. The van der Waals surface area contributed by atoms with Crippen LogP contribution in [0.1, 0.15) is 42.6 Å². The van der Waals surface area contributed by atoms with Gasteiger partial charge in [0.2, 0.25) is 5.91 Å². The second-order valence-electron chi connectivity index (χ2n) is 7.01. The van der Waals surface area contributed by atoms with Crippen LogP contribution < -0.4 is 10.6 Å². The van der Waals surface area contributed by atoms with Crippen LogP contribution in [0.3, 0.4) is 0 Å². The summed E-state index contributed by atoms with van der Waals surface area (Å²) >= 11 is 0. The molecule has 4 rings (SSSR count). The van der Waals surface area contributed by atoms with Crippen LogP contribution >= 0.6 is 0 Å².